The Labute approximate surface area is 162 Å². The zero-order valence-corrected chi connectivity index (χ0v) is 15.8. The maximum atomic E-state index is 12.9. The van der Waals surface area contributed by atoms with Crippen molar-refractivity contribution < 1.29 is 9.53 Å². The lowest BCUT2D eigenvalue weighted by atomic mass is 9.86. The lowest BCUT2D eigenvalue weighted by Gasteiger charge is -2.42. The van der Waals surface area contributed by atoms with Crippen LogP contribution >= 0.6 is 11.8 Å². The van der Waals surface area contributed by atoms with Crippen LogP contribution in [0.4, 0.5) is 5.69 Å². The van der Waals surface area contributed by atoms with Gasteiger partial charge in [0, 0.05) is 18.0 Å². The second kappa shape index (κ2) is 7.37. The van der Waals surface area contributed by atoms with E-state index in [-0.39, 0.29) is 11.8 Å². The molecule has 1 unspecified atom stereocenters. The first kappa shape index (κ1) is 17.5. The van der Waals surface area contributed by atoms with Gasteiger partial charge in [0.05, 0.1) is 36.3 Å². The first-order valence-electron chi connectivity index (χ1n) is 8.72. The average Bonchev–Trinajstić information content (AvgIpc) is 2.74. The minimum absolute atomic E-state index is 0.0463. The number of rotatable bonds is 3. The molecule has 4 rings (SSSR count). The number of allylic oxidation sites excluding steroid dienone is 1. The van der Waals surface area contributed by atoms with Crippen LogP contribution in [0.2, 0.25) is 0 Å². The predicted octanol–water partition coefficient (Wildman–Crippen LogP) is 3.91. The number of anilines is 1. The smallest absolute Gasteiger partial charge is 0.229 e. The number of amides is 1. The van der Waals surface area contributed by atoms with E-state index in [1.54, 1.807) is 23.8 Å². The number of carbonyl (C=O) groups excluding carboxylic acids is 1. The molecule has 5 nitrogen and oxygen atoms in total. The van der Waals surface area contributed by atoms with Gasteiger partial charge in [0.15, 0.2) is 0 Å². The Bertz CT molecular complexity index is 936. The molecule has 136 valence electrons. The number of carbonyl (C=O) groups is 1. The van der Waals surface area contributed by atoms with Crippen molar-refractivity contribution in [1.29, 1.82) is 5.26 Å². The summed E-state index contributed by atoms with van der Waals surface area (Å²) in [7, 11) is 1.62. The molecule has 2 aliphatic rings. The minimum Gasteiger partial charge on any atom is -0.497 e. The maximum absolute atomic E-state index is 12.9. The van der Waals surface area contributed by atoms with E-state index in [9.17, 15) is 10.1 Å². The van der Waals surface area contributed by atoms with Gasteiger partial charge in [-0.1, -0.05) is 42.1 Å². The molecule has 0 N–H and O–H groups in total. The summed E-state index contributed by atoms with van der Waals surface area (Å²) in [6, 6.07) is 20.0. The Morgan fingerprint density at radius 1 is 1.19 bits per heavy atom. The summed E-state index contributed by atoms with van der Waals surface area (Å²) in [6.07, 6.45) is 0.294. The highest BCUT2D eigenvalue weighted by molar-refractivity contribution is 8.03. The van der Waals surface area contributed by atoms with E-state index in [0.29, 0.717) is 24.5 Å². The summed E-state index contributed by atoms with van der Waals surface area (Å²) in [5.74, 6) is 1.26. The SMILES string of the molecule is COc1cccc(C2CC(=O)N3CN(c4ccccc4)CSC3=C2C#N)c1. The van der Waals surface area contributed by atoms with Gasteiger partial charge in [-0.2, -0.15) is 5.26 Å². The van der Waals surface area contributed by atoms with Crippen LogP contribution in [0.3, 0.4) is 0 Å². The van der Waals surface area contributed by atoms with Crippen LogP contribution in [0.1, 0.15) is 17.9 Å². The van der Waals surface area contributed by atoms with Gasteiger partial charge in [-0.15, -0.1) is 0 Å². The third-order valence-electron chi connectivity index (χ3n) is 4.91. The molecule has 27 heavy (non-hydrogen) atoms. The zero-order chi connectivity index (χ0) is 18.8. The van der Waals surface area contributed by atoms with Crippen molar-refractivity contribution in [2.45, 2.75) is 12.3 Å². The van der Waals surface area contributed by atoms with Crippen molar-refractivity contribution in [3.63, 3.8) is 0 Å². The topological polar surface area (TPSA) is 56.6 Å². The number of para-hydroxylation sites is 1. The quantitative estimate of drug-likeness (QED) is 0.812. The van der Waals surface area contributed by atoms with E-state index >= 15 is 0 Å². The normalized spacial score (nSPS) is 19.6. The number of thioether (sulfide) groups is 1. The van der Waals surface area contributed by atoms with E-state index in [2.05, 4.69) is 11.0 Å². The van der Waals surface area contributed by atoms with Gasteiger partial charge in [-0.25, -0.2) is 0 Å². The first-order chi connectivity index (χ1) is 13.2. The molecule has 6 heteroatoms. The Kier molecular flexibility index (Phi) is 4.78. The van der Waals surface area contributed by atoms with E-state index in [4.69, 9.17) is 4.74 Å². The summed E-state index contributed by atoms with van der Waals surface area (Å²) in [5, 5.41) is 10.6. The average molecular weight is 377 g/mol. The number of benzene rings is 2. The second-order valence-electron chi connectivity index (χ2n) is 6.48. The van der Waals surface area contributed by atoms with Crippen molar-refractivity contribution in [2.75, 3.05) is 24.6 Å². The highest BCUT2D eigenvalue weighted by Gasteiger charge is 2.38. The Morgan fingerprint density at radius 3 is 2.74 bits per heavy atom. The summed E-state index contributed by atoms with van der Waals surface area (Å²) in [6.45, 7) is 0.473. The fraction of sp³-hybridized carbons (Fsp3) is 0.238. The summed E-state index contributed by atoms with van der Waals surface area (Å²) in [5.41, 5.74) is 2.68. The molecule has 0 radical (unpaired) electrons. The van der Waals surface area contributed by atoms with Crippen LogP contribution in [0.5, 0.6) is 5.75 Å². The monoisotopic (exact) mass is 377 g/mol. The van der Waals surface area contributed by atoms with Gasteiger partial charge in [0.2, 0.25) is 5.91 Å². The lowest BCUT2D eigenvalue weighted by molar-refractivity contribution is -0.129. The van der Waals surface area contributed by atoms with Gasteiger partial charge in [0.1, 0.15) is 5.75 Å². The van der Waals surface area contributed by atoms with Crippen LogP contribution in [0.15, 0.2) is 65.2 Å². The van der Waals surface area contributed by atoms with Crippen LogP contribution in [-0.2, 0) is 4.79 Å². The van der Waals surface area contributed by atoms with E-state index in [1.165, 1.54) is 0 Å². The molecule has 0 bridgehead atoms. The number of hydrogen-bond donors (Lipinski definition) is 0. The van der Waals surface area contributed by atoms with Crippen molar-refractivity contribution >= 4 is 23.4 Å². The molecule has 2 heterocycles. The van der Waals surface area contributed by atoms with Crippen molar-refractivity contribution in [3.05, 3.63) is 70.8 Å². The Hall–Kier alpha value is -2.91. The van der Waals surface area contributed by atoms with Gasteiger partial charge < -0.3 is 9.64 Å². The van der Waals surface area contributed by atoms with Gasteiger partial charge >= 0.3 is 0 Å². The number of hydrogen-bond acceptors (Lipinski definition) is 5. The zero-order valence-electron chi connectivity index (χ0n) is 15.0. The number of fused-ring (bicyclic) bond motifs is 1. The van der Waals surface area contributed by atoms with E-state index < -0.39 is 0 Å². The van der Waals surface area contributed by atoms with Crippen LogP contribution in [-0.4, -0.2) is 30.5 Å². The molecule has 1 saturated heterocycles. The summed E-state index contributed by atoms with van der Waals surface area (Å²) < 4.78 is 5.30. The molecule has 0 aliphatic carbocycles. The molecule has 1 atom stereocenters. The third-order valence-corrected chi connectivity index (χ3v) is 6.07. The highest BCUT2D eigenvalue weighted by Crippen LogP contribution is 2.43. The summed E-state index contributed by atoms with van der Waals surface area (Å²) >= 11 is 1.55. The number of nitriles is 1. The number of nitrogens with zero attached hydrogens (tertiary/aromatic N) is 3. The standard InChI is InChI=1S/C21H19N3O2S/c1-26-17-9-5-6-15(10-17)18-11-20(25)24-13-23(16-7-3-2-4-8-16)14-27-21(24)19(18)12-22/h2-10,18H,11,13-14H2,1H3. The molecule has 1 fully saturated rings. The molecule has 0 aromatic heterocycles. The molecular formula is C21H19N3O2S. The van der Waals surface area contributed by atoms with Crippen molar-refractivity contribution in [2.24, 2.45) is 0 Å². The number of ether oxygens (including phenoxy) is 1. The maximum Gasteiger partial charge on any atom is 0.229 e. The highest BCUT2D eigenvalue weighted by atomic mass is 32.2. The molecule has 2 aromatic carbocycles. The van der Waals surface area contributed by atoms with Crippen molar-refractivity contribution in [1.82, 2.24) is 4.90 Å². The Morgan fingerprint density at radius 2 is 2.00 bits per heavy atom. The fourth-order valence-corrected chi connectivity index (χ4v) is 4.68. The minimum atomic E-state index is -0.223. The molecule has 0 spiro atoms. The van der Waals surface area contributed by atoms with Crippen LogP contribution in [0, 0.1) is 11.3 Å². The van der Waals surface area contributed by atoms with Crippen molar-refractivity contribution in [3.8, 4) is 11.8 Å². The fourth-order valence-electron chi connectivity index (χ4n) is 3.51. The van der Waals surface area contributed by atoms with Gasteiger partial charge in [-0.3, -0.25) is 9.69 Å². The molecule has 0 saturated carbocycles. The lowest BCUT2D eigenvalue weighted by Crippen LogP contribution is -2.47. The van der Waals surface area contributed by atoms with Crippen LogP contribution in [0.25, 0.3) is 0 Å². The van der Waals surface area contributed by atoms with Gasteiger partial charge in [-0.05, 0) is 29.8 Å². The predicted molar refractivity (Wildman–Crippen MR) is 106 cm³/mol. The molecule has 1 amide bonds. The van der Waals surface area contributed by atoms with Gasteiger partial charge in [0.25, 0.3) is 0 Å². The molecule has 2 aliphatic heterocycles. The van der Waals surface area contributed by atoms with E-state index in [1.807, 2.05) is 54.6 Å². The largest absolute Gasteiger partial charge is 0.497 e. The first-order valence-corrected chi connectivity index (χ1v) is 9.71. The Balaban J connectivity index is 1.67. The molecular weight excluding hydrogens is 358 g/mol. The summed E-state index contributed by atoms with van der Waals surface area (Å²) in [4.78, 5) is 16.8. The van der Waals surface area contributed by atoms with Crippen LogP contribution < -0.4 is 9.64 Å². The second-order valence-corrected chi connectivity index (χ2v) is 7.41. The third kappa shape index (κ3) is 3.26. The van der Waals surface area contributed by atoms with E-state index in [0.717, 1.165) is 22.0 Å². The number of methoxy groups -OCH3 is 1. The molecule has 2 aromatic rings.